The third-order valence-electron chi connectivity index (χ3n) is 7.13. The first-order chi connectivity index (χ1) is 21.6. The second-order valence-corrected chi connectivity index (χ2v) is 10.9. The van der Waals surface area contributed by atoms with Crippen molar-refractivity contribution < 1.29 is 28.1 Å². The van der Waals surface area contributed by atoms with Gasteiger partial charge in [0.2, 0.25) is 0 Å². The van der Waals surface area contributed by atoms with Gasteiger partial charge in [0.15, 0.2) is 23.1 Å². The van der Waals surface area contributed by atoms with Crippen LogP contribution in [0.25, 0.3) is 21.5 Å². The molecule has 6 rings (SSSR count). The molecule has 0 spiro atoms. The monoisotopic (exact) mass is 614 g/mol. The molecule has 1 aliphatic heterocycles. The smallest absolute Gasteiger partial charge is 0.275 e. The molecule has 11 heteroatoms. The maximum Gasteiger partial charge on any atom is 0.275 e. The predicted octanol–water partition coefficient (Wildman–Crippen LogP) is 6.65. The van der Waals surface area contributed by atoms with E-state index in [1.54, 1.807) is 43.0 Å². The first-order valence-electron chi connectivity index (χ1n) is 14.3. The molecule has 0 saturated carbocycles. The average Bonchev–Trinajstić information content (AvgIpc) is 3.56. The number of carbonyl (C=O) groups excluding carboxylic acids is 1. The van der Waals surface area contributed by atoms with Crippen molar-refractivity contribution in [1.82, 2.24) is 14.9 Å². The second-order valence-electron chi connectivity index (χ2n) is 10.1. The number of pyridine rings is 1. The minimum absolute atomic E-state index is 0.00192. The van der Waals surface area contributed by atoms with Crippen LogP contribution in [0.3, 0.4) is 0 Å². The number of hydrogen-bond acceptors (Lipinski definition) is 9. The molecule has 226 valence electrons. The van der Waals surface area contributed by atoms with Crippen molar-refractivity contribution in [3.63, 3.8) is 0 Å². The summed E-state index contributed by atoms with van der Waals surface area (Å²) in [5.74, 6) is 0.439. The lowest BCUT2D eigenvalue weighted by atomic mass is 10.1. The van der Waals surface area contributed by atoms with Crippen LogP contribution in [0.15, 0.2) is 78.3 Å². The van der Waals surface area contributed by atoms with Crippen LogP contribution in [0.5, 0.6) is 23.0 Å². The molecule has 0 bridgehead atoms. The van der Waals surface area contributed by atoms with Crippen LogP contribution in [-0.4, -0.2) is 67.3 Å². The molecule has 0 unspecified atom stereocenters. The topological polar surface area (TPSA) is 95.0 Å². The SMILES string of the molecule is COc1cc2c(Oc3ccc(NC(=O)c4csc(-c5ccccc5)n4)cc3F)ccnc2cc1OCCCN1CCOCC1. The first kappa shape index (κ1) is 29.5. The van der Waals surface area contributed by atoms with Crippen LogP contribution in [0, 0.1) is 5.82 Å². The number of benzene rings is 3. The van der Waals surface area contributed by atoms with E-state index in [0.717, 1.165) is 49.8 Å². The molecule has 1 aliphatic rings. The summed E-state index contributed by atoms with van der Waals surface area (Å²) in [5, 5.41) is 5.75. The van der Waals surface area contributed by atoms with Gasteiger partial charge in [0.25, 0.3) is 5.91 Å². The largest absolute Gasteiger partial charge is 0.493 e. The Morgan fingerprint density at radius 2 is 1.86 bits per heavy atom. The summed E-state index contributed by atoms with van der Waals surface area (Å²) in [5.41, 5.74) is 2.08. The predicted molar refractivity (Wildman–Crippen MR) is 168 cm³/mol. The number of nitrogens with one attached hydrogen (secondary N) is 1. The number of rotatable bonds is 11. The minimum Gasteiger partial charge on any atom is -0.493 e. The summed E-state index contributed by atoms with van der Waals surface area (Å²) in [6.45, 7) is 4.87. The summed E-state index contributed by atoms with van der Waals surface area (Å²) in [6.07, 6.45) is 2.46. The average molecular weight is 615 g/mol. The lowest BCUT2D eigenvalue weighted by molar-refractivity contribution is 0.0357. The van der Waals surface area contributed by atoms with Gasteiger partial charge in [0.1, 0.15) is 16.5 Å². The molecule has 44 heavy (non-hydrogen) atoms. The fraction of sp³-hybridized carbons (Fsp3) is 0.242. The van der Waals surface area contributed by atoms with Crippen molar-refractivity contribution in [1.29, 1.82) is 0 Å². The Morgan fingerprint density at radius 3 is 2.66 bits per heavy atom. The van der Waals surface area contributed by atoms with Crippen molar-refractivity contribution in [2.45, 2.75) is 6.42 Å². The number of thiazole rings is 1. The van der Waals surface area contributed by atoms with Gasteiger partial charge in [-0.25, -0.2) is 9.37 Å². The van der Waals surface area contributed by atoms with Gasteiger partial charge in [-0.2, -0.15) is 0 Å². The Balaban J connectivity index is 1.12. The summed E-state index contributed by atoms with van der Waals surface area (Å²) < 4.78 is 38.2. The van der Waals surface area contributed by atoms with Gasteiger partial charge >= 0.3 is 0 Å². The number of fused-ring (bicyclic) bond motifs is 1. The molecule has 2 aromatic heterocycles. The Morgan fingerprint density at radius 1 is 1.02 bits per heavy atom. The molecular weight excluding hydrogens is 583 g/mol. The zero-order chi connectivity index (χ0) is 30.3. The number of anilines is 1. The molecule has 0 radical (unpaired) electrons. The first-order valence-corrected chi connectivity index (χ1v) is 15.1. The van der Waals surface area contributed by atoms with E-state index >= 15 is 4.39 Å². The molecule has 1 saturated heterocycles. The van der Waals surface area contributed by atoms with E-state index in [2.05, 4.69) is 20.2 Å². The normalized spacial score (nSPS) is 13.5. The quantitative estimate of drug-likeness (QED) is 0.165. The number of morpholine rings is 1. The van der Waals surface area contributed by atoms with Crippen molar-refractivity contribution in [3.8, 4) is 33.6 Å². The van der Waals surface area contributed by atoms with Gasteiger partial charge in [0, 0.05) is 60.0 Å². The second kappa shape index (κ2) is 13.8. The Labute approximate surface area is 258 Å². The Kier molecular flexibility index (Phi) is 9.25. The minimum atomic E-state index is -0.636. The molecule has 1 N–H and O–H groups in total. The van der Waals surface area contributed by atoms with Gasteiger partial charge in [-0.05, 0) is 30.7 Å². The zero-order valence-electron chi connectivity index (χ0n) is 24.1. The van der Waals surface area contributed by atoms with Crippen LogP contribution >= 0.6 is 11.3 Å². The van der Waals surface area contributed by atoms with Gasteiger partial charge in [-0.1, -0.05) is 30.3 Å². The fourth-order valence-corrected chi connectivity index (χ4v) is 5.66. The number of halogens is 1. The molecule has 1 amide bonds. The van der Waals surface area contributed by atoms with E-state index in [0.29, 0.717) is 34.8 Å². The fourth-order valence-electron chi connectivity index (χ4n) is 4.85. The summed E-state index contributed by atoms with van der Waals surface area (Å²) in [4.78, 5) is 24.0. The summed E-state index contributed by atoms with van der Waals surface area (Å²) in [7, 11) is 1.57. The standard InChI is InChI=1S/C33H31FN4O5S/c1-40-30-19-24-26(20-31(30)42-15-5-12-38-13-16-41-17-14-38)35-11-10-28(24)43-29-9-8-23(18-25(29)34)36-32(39)27-21-44-33(37-27)22-6-3-2-4-7-22/h2-4,6-11,18-21H,5,12-17H2,1H3,(H,36,39). The van der Waals surface area contributed by atoms with E-state index in [9.17, 15) is 4.79 Å². The van der Waals surface area contributed by atoms with E-state index in [-0.39, 0.29) is 17.1 Å². The molecule has 5 aromatic rings. The van der Waals surface area contributed by atoms with Crippen LogP contribution < -0.4 is 19.5 Å². The van der Waals surface area contributed by atoms with Crippen LogP contribution in [0.1, 0.15) is 16.9 Å². The summed E-state index contributed by atoms with van der Waals surface area (Å²) in [6, 6.07) is 19.1. The van der Waals surface area contributed by atoms with E-state index < -0.39 is 11.7 Å². The maximum absolute atomic E-state index is 15.2. The molecule has 1 fully saturated rings. The third kappa shape index (κ3) is 6.96. The third-order valence-corrected chi connectivity index (χ3v) is 8.03. The lowest BCUT2D eigenvalue weighted by Crippen LogP contribution is -2.37. The number of carbonyl (C=O) groups is 1. The van der Waals surface area contributed by atoms with E-state index in [4.69, 9.17) is 18.9 Å². The number of amides is 1. The van der Waals surface area contributed by atoms with Crippen molar-refractivity contribution in [2.75, 3.05) is 51.9 Å². The highest BCUT2D eigenvalue weighted by molar-refractivity contribution is 7.13. The van der Waals surface area contributed by atoms with Crippen LogP contribution in [0.2, 0.25) is 0 Å². The molecule has 0 atom stereocenters. The maximum atomic E-state index is 15.2. The molecule has 0 aliphatic carbocycles. The molecular formula is C33H31FN4O5S. The van der Waals surface area contributed by atoms with Crippen LogP contribution in [0.4, 0.5) is 10.1 Å². The highest BCUT2D eigenvalue weighted by Crippen LogP contribution is 2.38. The van der Waals surface area contributed by atoms with Crippen molar-refractivity contribution in [2.24, 2.45) is 0 Å². The molecule has 3 aromatic carbocycles. The van der Waals surface area contributed by atoms with E-state index in [1.165, 1.54) is 23.5 Å². The number of ether oxygens (including phenoxy) is 4. The Hall–Kier alpha value is -4.58. The van der Waals surface area contributed by atoms with Crippen LogP contribution in [-0.2, 0) is 4.74 Å². The number of aromatic nitrogens is 2. The van der Waals surface area contributed by atoms with Gasteiger partial charge in [-0.3, -0.25) is 14.7 Å². The lowest BCUT2D eigenvalue weighted by Gasteiger charge is -2.26. The van der Waals surface area contributed by atoms with Crippen molar-refractivity contribution >= 4 is 33.8 Å². The number of methoxy groups -OCH3 is 1. The number of nitrogens with zero attached hydrogens (tertiary/aromatic N) is 3. The van der Waals surface area contributed by atoms with Gasteiger partial charge < -0.3 is 24.3 Å². The van der Waals surface area contributed by atoms with Gasteiger partial charge in [0.05, 0.1) is 32.4 Å². The van der Waals surface area contributed by atoms with Gasteiger partial charge in [-0.15, -0.1) is 11.3 Å². The number of hydrogen-bond donors (Lipinski definition) is 1. The zero-order valence-corrected chi connectivity index (χ0v) is 24.9. The molecule has 9 nitrogen and oxygen atoms in total. The highest BCUT2D eigenvalue weighted by Gasteiger charge is 2.17. The highest BCUT2D eigenvalue weighted by atomic mass is 32.1. The van der Waals surface area contributed by atoms with E-state index in [1.807, 2.05) is 30.3 Å². The van der Waals surface area contributed by atoms with Crippen molar-refractivity contribution in [3.05, 3.63) is 89.8 Å². The Bertz CT molecular complexity index is 1740. The summed E-state index contributed by atoms with van der Waals surface area (Å²) >= 11 is 1.37. The molecule has 3 heterocycles.